The number of carbonyl (C=O) groups is 1. The molecule has 0 aromatic heterocycles. The summed E-state index contributed by atoms with van der Waals surface area (Å²) < 4.78 is 9.81. The molecule has 5 heteroatoms. The Balaban J connectivity index is 3.44. The molecule has 0 rings (SSSR count). The second-order valence-electron chi connectivity index (χ2n) is 3.25. The predicted octanol–water partition coefficient (Wildman–Crippen LogP) is -0.168. The fourth-order valence-corrected chi connectivity index (χ4v) is 0.748. The standard InChI is InChI=1S/C10H19NO4/c1-8(2)10(13)15-7-9(12)6-14-5-3-4-11/h9,12H,1,3-7,11H2,2H3. The predicted molar refractivity (Wildman–Crippen MR) is 56.3 cm³/mol. The molecule has 0 aromatic carbocycles. The van der Waals surface area contributed by atoms with Crippen LogP contribution in [0, 0.1) is 0 Å². The Kier molecular flexibility index (Phi) is 7.89. The first-order chi connectivity index (χ1) is 7.07. The third-order valence-corrected chi connectivity index (χ3v) is 1.56. The molecule has 1 unspecified atom stereocenters. The fourth-order valence-electron chi connectivity index (χ4n) is 0.748. The second kappa shape index (κ2) is 8.40. The number of rotatable bonds is 8. The van der Waals surface area contributed by atoms with Gasteiger partial charge in [-0.3, -0.25) is 0 Å². The molecule has 0 spiro atoms. The molecule has 3 N–H and O–H groups in total. The molecule has 0 aromatic rings. The first-order valence-electron chi connectivity index (χ1n) is 4.86. The summed E-state index contributed by atoms with van der Waals surface area (Å²) in [6, 6.07) is 0. The minimum atomic E-state index is -0.800. The van der Waals surface area contributed by atoms with Crippen molar-refractivity contribution in [3.05, 3.63) is 12.2 Å². The third kappa shape index (κ3) is 8.11. The van der Waals surface area contributed by atoms with Crippen LogP contribution in [-0.4, -0.2) is 43.5 Å². The first-order valence-corrected chi connectivity index (χ1v) is 4.86. The minimum Gasteiger partial charge on any atom is -0.460 e. The Bertz CT molecular complexity index is 206. The van der Waals surface area contributed by atoms with E-state index < -0.39 is 12.1 Å². The summed E-state index contributed by atoms with van der Waals surface area (Å²) >= 11 is 0. The molecule has 1 atom stereocenters. The number of aliphatic hydroxyl groups excluding tert-OH is 1. The normalized spacial score (nSPS) is 12.2. The van der Waals surface area contributed by atoms with Crippen molar-refractivity contribution < 1.29 is 19.4 Å². The SMILES string of the molecule is C=C(C)C(=O)OCC(O)COCCCN. The van der Waals surface area contributed by atoms with Crippen LogP contribution in [0.15, 0.2) is 12.2 Å². The highest BCUT2D eigenvalue weighted by Crippen LogP contribution is 1.95. The lowest BCUT2D eigenvalue weighted by atomic mass is 10.3. The van der Waals surface area contributed by atoms with Crippen LogP contribution in [0.2, 0.25) is 0 Å². The molecule has 0 aliphatic rings. The average molecular weight is 217 g/mol. The zero-order valence-corrected chi connectivity index (χ0v) is 9.07. The molecule has 0 aliphatic heterocycles. The largest absolute Gasteiger partial charge is 0.460 e. The molecule has 0 saturated heterocycles. The molecule has 0 radical (unpaired) electrons. The van der Waals surface area contributed by atoms with Gasteiger partial charge in [-0.25, -0.2) is 4.79 Å². The van der Waals surface area contributed by atoms with Crippen LogP contribution in [0.4, 0.5) is 0 Å². The molecular formula is C10H19NO4. The van der Waals surface area contributed by atoms with Crippen LogP contribution >= 0.6 is 0 Å². The van der Waals surface area contributed by atoms with Crippen molar-refractivity contribution in [2.75, 3.05) is 26.4 Å². The highest BCUT2D eigenvalue weighted by molar-refractivity contribution is 5.86. The number of aliphatic hydroxyl groups is 1. The summed E-state index contributed by atoms with van der Waals surface area (Å²) in [6.45, 7) is 6.09. The quantitative estimate of drug-likeness (QED) is 0.335. The Labute approximate surface area is 89.9 Å². The van der Waals surface area contributed by atoms with Crippen LogP contribution in [0.5, 0.6) is 0 Å². The smallest absolute Gasteiger partial charge is 0.333 e. The van der Waals surface area contributed by atoms with Gasteiger partial charge in [-0.15, -0.1) is 0 Å². The van der Waals surface area contributed by atoms with Gasteiger partial charge in [-0.05, 0) is 19.9 Å². The van der Waals surface area contributed by atoms with E-state index in [1.807, 2.05) is 0 Å². The number of esters is 1. The monoisotopic (exact) mass is 217 g/mol. The Morgan fingerprint density at radius 2 is 2.20 bits per heavy atom. The van der Waals surface area contributed by atoms with Crippen molar-refractivity contribution in [3.63, 3.8) is 0 Å². The van der Waals surface area contributed by atoms with Gasteiger partial charge in [0.05, 0.1) is 6.61 Å². The Morgan fingerprint density at radius 1 is 1.53 bits per heavy atom. The molecule has 0 bridgehead atoms. The number of nitrogens with two attached hydrogens (primary N) is 1. The van der Waals surface area contributed by atoms with Crippen LogP contribution < -0.4 is 5.73 Å². The molecule has 0 amide bonds. The number of hydrogen-bond acceptors (Lipinski definition) is 5. The zero-order chi connectivity index (χ0) is 11.7. The van der Waals surface area contributed by atoms with Gasteiger partial charge in [-0.2, -0.15) is 0 Å². The third-order valence-electron chi connectivity index (χ3n) is 1.56. The lowest BCUT2D eigenvalue weighted by Crippen LogP contribution is -2.24. The highest BCUT2D eigenvalue weighted by atomic mass is 16.5. The summed E-state index contributed by atoms with van der Waals surface area (Å²) in [5, 5.41) is 9.32. The van der Waals surface area contributed by atoms with Crippen LogP contribution in [0.3, 0.4) is 0 Å². The summed E-state index contributed by atoms with van der Waals surface area (Å²) in [6.07, 6.45) is -0.0516. The summed E-state index contributed by atoms with van der Waals surface area (Å²) in [5.41, 5.74) is 5.57. The van der Waals surface area contributed by atoms with E-state index in [0.717, 1.165) is 6.42 Å². The first kappa shape index (κ1) is 14.1. The van der Waals surface area contributed by atoms with E-state index in [1.165, 1.54) is 0 Å². The van der Waals surface area contributed by atoms with Gasteiger partial charge < -0.3 is 20.3 Å². The molecule has 0 saturated carbocycles. The van der Waals surface area contributed by atoms with E-state index >= 15 is 0 Å². The van der Waals surface area contributed by atoms with Gasteiger partial charge in [0, 0.05) is 12.2 Å². The molecular weight excluding hydrogens is 198 g/mol. The molecule has 15 heavy (non-hydrogen) atoms. The van der Waals surface area contributed by atoms with Crippen molar-refractivity contribution in [1.82, 2.24) is 0 Å². The molecule has 0 heterocycles. The maximum Gasteiger partial charge on any atom is 0.333 e. The molecule has 0 aliphatic carbocycles. The van der Waals surface area contributed by atoms with E-state index in [2.05, 4.69) is 6.58 Å². The fraction of sp³-hybridized carbons (Fsp3) is 0.700. The van der Waals surface area contributed by atoms with E-state index in [9.17, 15) is 9.90 Å². The molecule has 88 valence electrons. The zero-order valence-electron chi connectivity index (χ0n) is 9.07. The number of carbonyl (C=O) groups excluding carboxylic acids is 1. The highest BCUT2D eigenvalue weighted by Gasteiger charge is 2.09. The van der Waals surface area contributed by atoms with Gasteiger partial charge in [0.15, 0.2) is 0 Å². The van der Waals surface area contributed by atoms with Crippen molar-refractivity contribution in [2.45, 2.75) is 19.4 Å². The van der Waals surface area contributed by atoms with Crippen molar-refractivity contribution in [3.8, 4) is 0 Å². The number of ether oxygens (including phenoxy) is 2. The van der Waals surface area contributed by atoms with Gasteiger partial charge in [0.1, 0.15) is 12.7 Å². The topological polar surface area (TPSA) is 81.8 Å². The minimum absolute atomic E-state index is 0.0751. The molecule has 5 nitrogen and oxygen atoms in total. The average Bonchev–Trinajstić information content (AvgIpc) is 2.20. The Hall–Kier alpha value is -0.910. The second-order valence-corrected chi connectivity index (χ2v) is 3.25. The summed E-state index contributed by atoms with van der Waals surface area (Å²) in [5.74, 6) is -0.504. The summed E-state index contributed by atoms with van der Waals surface area (Å²) in [7, 11) is 0. The maximum atomic E-state index is 10.9. The van der Waals surface area contributed by atoms with E-state index in [1.54, 1.807) is 6.92 Å². The van der Waals surface area contributed by atoms with Crippen molar-refractivity contribution >= 4 is 5.97 Å². The lowest BCUT2D eigenvalue weighted by molar-refractivity contribution is -0.143. The van der Waals surface area contributed by atoms with Crippen molar-refractivity contribution in [1.29, 1.82) is 0 Å². The van der Waals surface area contributed by atoms with Crippen LogP contribution in [0.1, 0.15) is 13.3 Å². The Morgan fingerprint density at radius 3 is 2.73 bits per heavy atom. The maximum absolute atomic E-state index is 10.9. The van der Waals surface area contributed by atoms with Crippen molar-refractivity contribution in [2.24, 2.45) is 5.73 Å². The van der Waals surface area contributed by atoms with Crippen LogP contribution in [0.25, 0.3) is 0 Å². The van der Waals surface area contributed by atoms with Gasteiger partial charge in [0.2, 0.25) is 0 Å². The number of hydrogen-bond donors (Lipinski definition) is 2. The summed E-state index contributed by atoms with van der Waals surface area (Å²) in [4.78, 5) is 10.9. The van der Waals surface area contributed by atoms with Gasteiger partial charge in [0.25, 0.3) is 0 Å². The lowest BCUT2D eigenvalue weighted by Gasteiger charge is -2.11. The van der Waals surface area contributed by atoms with Gasteiger partial charge >= 0.3 is 5.97 Å². The van der Waals surface area contributed by atoms with E-state index in [-0.39, 0.29) is 13.2 Å². The van der Waals surface area contributed by atoms with Crippen LogP contribution in [-0.2, 0) is 14.3 Å². The molecule has 0 fully saturated rings. The van der Waals surface area contributed by atoms with Gasteiger partial charge in [-0.1, -0.05) is 6.58 Å². The van der Waals surface area contributed by atoms with E-state index in [4.69, 9.17) is 15.2 Å². The van der Waals surface area contributed by atoms with E-state index in [0.29, 0.717) is 18.7 Å².